The predicted octanol–water partition coefficient (Wildman–Crippen LogP) is 1.44. The molecule has 5 nitrogen and oxygen atoms in total. The minimum absolute atomic E-state index is 0.811. The molecule has 2 fully saturated rings. The van der Waals surface area contributed by atoms with E-state index in [1.165, 1.54) is 58.7 Å². The summed E-state index contributed by atoms with van der Waals surface area (Å²) in [4.78, 5) is 7.60. The molecule has 1 atom stereocenters. The van der Waals surface area contributed by atoms with Gasteiger partial charge in [-0.1, -0.05) is 5.16 Å². The van der Waals surface area contributed by atoms with Gasteiger partial charge in [-0.2, -0.15) is 0 Å². The molecule has 1 aromatic heterocycles. The maximum atomic E-state index is 5.36. The van der Waals surface area contributed by atoms with Gasteiger partial charge in [-0.15, -0.1) is 0 Å². The summed E-state index contributed by atoms with van der Waals surface area (Å²) >= 11 is 0. The first-order valence-corrected chi connectivity index (χ1v) is 8.24. The molecule has 0 spiro atoms. The van der Waals surface area contributed by atoms with Crippen molar-refractivity contribution in [3.8, 4) is 0 Å². The largest absolute Gasteiger partial charge is 0.360 e. The van der Waals surface area contributed by atoms with Crippen LogP contribution in [0.15, 0.2) is 10.6 Å². The molecule has 1 aromatic rings. The highest BCUT2D eigenvalue weighted by atomic mass is 16.5. The van der Waals surface area contributed by atoms with E-state index in [1.54, 1.807) is 0 Å². The predicted molar refractivity (Wildman–Crippen MR) is 83.2 cm³/mol. The normalized spacial score (nSPS) is 26.3. The molecule has 0 unspecified atom stereocenters. The molecule has 2 aliphatic rings. The van der Waals surface area contributed by atoms with Crippen molar-refractivity contribution in [1.29, 1.82) is 0 Å². The molecule has 2 saturated heterocycles. The van der Waals surface area contributed by atoms with Crippen LogP contribution in [-0.4, -0.2) is 72.7 Å². The number of hydrogen-bond acceptors (Lipinski definition) is 5. The quantitative estimate of drug-likeness (QED) is 0.839. The third kappa shape index (κ3) is 4.28. The first-order valence-electron chi connectivity index (χ1n) is 8.24. The van der Waals surface area contributed by atoms with Gasteiger partial charge >= 0.3 is 0 Å². The van der Waals surface area contributed by atoms with E-state index in [2.05, 4.69) is 33.0 Å². The summed E-state index contributed by atoms with van der Waals surface area (Å²) < 4.78 is 5.36. The topological polar surface area (TPSA) is 35.8 Å². The molecular formula is C16H28N4O. The van der Waals surface area contributed by atoms with Crippen molar-refractivity contribution in [2.45, 2.75) is 26.3 Å². The van der Waals surface area contributed by atoms with Crippen molar-refractivity contribution in [3.63, 3.8) is 0 Å². The van der Waals surface area contributed by atoms with Gasteiger partial charge < -0.3 is 14.3 Å². The van der Waals surface area contributed by atoms with Crippen molar-refractivity contribution >= 4 is 0 Å². The highest BCUT2D eigenvalue weighted by Gasteiger charge is 2.24. The van der Waals surface area contributed by atoms with E-state index in [9.17, 15) is 0 Å². The van der Waals surface area contributed by atoms with E-state index in [4.69, 9.17) is 4.52 Å². The zero-order valence-corrected chi connectivity index (χ0v) is 13.4. The Hall–Kier alpha value is -0.910. The first-order chi connectivity index (χ1) is 10.2. The number of aryl methyl sites for hydroxylation is 1. The van der Waals surface area contributed by atoms with Gasteiger partial charge in [-0.3, -0.25) is 4.90 Å². The lowest BCUT2D eigenvalue weighted by molar-refractivity contribution is 0.0927. The van der Waals surface area contributed by atoms with Gasteiger partial charge in [0.25, 0.3) is 0 Å². The Morgan fingerprint density at radius 1 is 1.19 bits per heavy atom. The molecule has 3 heterocycles. The molecule has 0 bridgehead atoms. The van der Waals surface area contributed by atoms with Gasteiger partial charge in [0.2, 0.25) is 0 Å². The molecule has 2 aliphatic heterocycles. The number of rotatable bonds is 4. The zero-order chi connectivity index (χ0) is 14.7. The summed E-state index contributed by atoms with van der Waals surface area (Å²) in [7, 11) is 2.22. The van der Waals surface area contributed by atoms with Crippen LogP contribution in [-0.2, 0) is 6.54 Å². The van der Waals surface area contributed by atoms with E-state index in [-0.39, 0.29) is 0 Å². The van der Waals surface area contributed by atoms with E-state index in [1.807, 2.05) is 6.92 Å². The van der Waals surface area contributed by atoms with Crippen LogP contribution < -0.4 is 0 Å². The summed E-state index contributed by atoms with van der Waals surface area (Å²) in [6.07, 6.45) is 2.68. The fourth-order valence-electron chi connectivity index (χ4n) is 3.55. The average Bonchev–Trinajstić information content (AvgIpc) is 2.87. The lowest BCUT2D eigenvalue weighted by Gasteiger charge is -2.38. The number of piperazine rings is 1. The highest BCUT2D eigenvalue weighted by Crippen LogP contribution is 2.20. The van der Waals surface area contributed by atoms with Gasteiger partial charge in [-0.05, 0) is 39.3 Å². The second-order valence-corrected chi connectivity index (χ2v) is 6.78. The van der Waals surface area contributed by atoms with Gasteiger partial charge in [0.1, 0.15) is 0 Å². The summed E-state index contributed by atoms with van der Waals surface area (Å²) in [5.74, 6) is 1.82. The Morgan fingerprint density at radius 2 is 2.00 bits per heavy atom. The third-order valence-electron chi connectivity index (χ3n) is 4.77. The molecule has 118 valence electrons. The fraction of sp³-hybridized carbons (Fsp3) is 0.812. The summed E-state index contributed by atoms with van der Waals surface area (Å²) in [6, 6.07) is 2.06. The van der Waals surface area contributed by atoms with Gasteiger partial charge in [0.05, 0.1) is 12.2 Å². The van der Waals surface area contributed by atoms with Crippen LogP contribution in [0.2, 0.25) is 0 Å². The first kappa shape index (κ1) is 15.0. The average molecular weight is 292 g/mol. The smallest absolute Gasteiger partial charge is 0.150 e. The molecule has 0 amide bonds. The fourth-order valence-corrected chi connectivity index (χ4v) is 3.55. The lowest BCUT2D eigenvalue weighted by Crippen LogP contribution is -2.48. The Balaban J connectivity index is 1.46. The second-order valence-electron chi connectivity index (χ2n) is 6.78. The van der Waals surface area contributed by atoms with Crippen molar-refractivity contribution < 1.29 is 4.52 Å². The Labute approximate surface area is 127 Å². The number of nitrogens with zero attached hydrogens (tertiary/aromatic N) is 4. The molecule has 0 aliphatic carbocycles. The molecule has 0 N–H and O–H groups in total. The van der Waals surface area contributed by atoms with Crippen LogP contribution in [0.4, 0.5) is 0 Å². The molecule has 5 heteroatoms. The minimum Gasteiger partial charge on any atom is -0.360 e. The molecule has 0 saturated carbocycles. The van der Waals surface area contributed by atoms with Crippen LogP contribution in [0, 0.1) is 12.8 Å². The number of piperidine rings is 1. The Kier molecular flexibility index (Phi) is 4.93. The van der Waals surface area contributed by atoms with Crippen LogP contribution in [0.25, 0.3) is 0 Å². The SMILES string of the molecule is Cc1cc(CN2CCC[C@H](CN3CCN(C)CC3)C2)on1. The van der Waals surface area contributed by atoms with Crippen LogP contribution >= 0.6 is 0 Å². The monoisotopic (exact) mass is 292 g/mol. The Bertz CT molecular complexity index is 439. The minimum atomic E-state index is 0.811. The third-order valence-corrected chi connectivity index (χ3v) is 4.77. The molecule has 3 rings (SSSR count). The number of likely N-dealkylation sites (N-methyl/N-ethyl adjacent to an activating group) is 1. The van der Waals surface area contributed by atoms with E-state index in [0.29, 0.717) is 0 Å². The maximum Gasteiger partial charge on any atom is 0.150 e. The van der Waals surface area contributed by atoms with Crippen LogP contribution in [0.1, 0.15) is 24.3 Å². The van der Waals surface area contributed by atoms with Gasteiger partial charge in [-0.25, -0.2) is 0 Å². The number of hydrogen-bond donors (Lipinski definition) is 0. The van der Waals surface area contributed by atoms with Crippen molar-refractivity contribution in [2.24, 2.45) is 5.92 Å². The zero-order valence-electron chi connectivity index (χ0n) is 13.4. The van der Waals surface area contributed by atoms with Crippen molar-refractivity contribution in [3.05, 3.63) is 17.5 Å². The van der Waals surface area contributed by atoms with Crippen molar-refractivity contribution in [2.75, 3.05) is 52.9 Å². The van der Waals surface area contributed by atoms with Crippen LogP contribution in [0.3, 0.4) is 0 Å². The summed E-state index contributed by atoms with van der Waals surface area (Å²) in [5.41, 5.74) is 0.982. The van der Waals surface area contributed by atoms with E-state index in [0.717, 1.165) is 23.9 Å². The standard InChI is InChI=1S/C16H28N4O/c1-14-10-16(21-17-14)13-20-5-3-4-15(12-20)11-19-8-6-18(2)7-9-19/h10,15H,3-9,11-13H2,1-2H3/t15-/m1/s1. The van der Waals surface area contributed by atoms with Gasteiger partial charge in [0, 0.05) is 45.3 Å². The van der Waals surface area contributed by atoms with Crippen LogP contribution in [0.5, 0.6) is 0 Å². The highest BCUT2D eigenvalue weighted by molar-refractivity contribution is 5.03. The van der Waals surface area contributed by atoms with Gasteiger partial charge in [0.15, 0.2) is 5.76 Å². The second kappa shape index (κ2) is 6.90. The number of aromatic nitrogens is 1. The summed E-state index contributed by atoms with van der Waals surface area (Å²) in [5, 5.41) is 3.99. The molecule has 0 aromatic carbocycles. The lowest BCUT2D eigenvalue weighted by atomic mass is 9.97. The molecule has 21 heavy (non-hydrogen) atoms. The maximum absolute atomic E-state index is 5.36. The Morgan fingerprint density at radius 3 is 2.71 bits per heavy atom. The summed E-state index contributed by atoms with van der Waals surface area (Å²) in [6.45, 7) is 11.5. The van der Waals surface area contributed by atoms with E-state index >= 15 is 0 Å². The molecule has 0 radical (unpaired) electrons. The van der Waals surface area contributed by atoms with Crippen molar-refractivity contribution in [1.82, 2.24) is 19.9 Å². The van der Waals surface area contributed by atoms with E-state index < -0.39 is 0 Å². The number of likely N-dealkylation sites (tertiary alicyclic amines) is 1. The molecular weight excluding hydrogens is 264 g/mol.